The minimum atomic E-state index is -2.28. The van der Waals surface area contributed by atoms with Gasteiger partial charge in [0.1, 0.15) is 80.7 Å². The van der Waals surface area contributed by atoms with E-state index in [1.54, 1.807) is 109 Å². The Morgan fingerprint density at radius 2 is 0.807 bits per heavy atom. The van der Waals surface area contributed by atoms with Crippen LogP contribution in [0, 0.1) is 0 Å². The maximum absolute atomic E-state index is 15.1. The van der Waals surface area contributed by atoms with Gasteiger partial charge in [-0.15, -0.1) is 0 Å². The molecule has 0 bridgehead atoms. The maximum Gasteiger partial charge on any atom is 0.407 e. The number of ether oxygens (including phenoxy) is 21. The fourth-order valence-electron chi connectivity index (χ4n) is 13.3. The summed E-state index contributed by atoms with van der Waals surface area (Å²) in [5.74, 6) is -6.85. The van der Waals surface area contributed by atoms with Gasteiger partial charge in [-0.25, -0.2) is 19.2 Å². The third-order valence-corrected chi connectivity index (χ3v) is 20.9. The number of esters is 7. The molecule has 648 valence electrons. The van der Waals surface area contributed by atoms with Crippen LogP contribution in [0.4, 0.5) is 9.59 Å². The van der Waals surface area contributed by atoms with Crippen molar-refractivity contribution in [2.45, 2.75) is 210 Å². The summed E-state index contributed by atoms with van der Waals surface area (Å²) in [6, 6.07) is 38.6. The molecule has 5 aromatic rings. The molecule has 0 saturated carbocycles. The Hall–Kier alpha value is -7.59. The second kappa shape index (κ2) is 43.9. The number of alkyl carbamates (subject to hydrolysis) is 2. The van der Waals surface area contributed by atoms with Gasteiger partial charge in [0.2, 0.25) is 7.59 Å². The van der Waals surface area contributed by atoms with Gasteiger partial charge in [-0.2, -0.15) is 0 Å². The summed E-state index contributed by atoms with van der Waals surface area (Å²) >= 11 is 37.3. The highest BCUT2D eigenvalue weighted by Gasteiger charge is 2.62. The number of halogens is 6. The van der Waals surface area contributed by atoms with E-state index < -0.39 is 238 Å². The molecule has 21 atom stereocenters. The van der Waals surface area contributed by atoms with Gasteiger partial charge in [0, 0.05) is 54.9 Å². The minimum Gasteiger partial charge on any atom is -0.463 e. The summed E-state index contributed by atoms with van der Waals surface area (Å²) in [5, 5.41) is 5.36. The fourth-order valence-corrected chi connectivity index (χ4v) is 14.4. The number of rotatable bonds is 33. The van der Waals surface area contributed by atoms with Crippen molar-refractivity contribution in [2.75, 3.05) is 46.2 Å². The van der Waals surface area contributed by atoms with Crippen molar-refractivity contribution >= 4 is 132 Å². The molecular formula is C80H92Cl6N2O30Si. The predicted octanol–water partition coefficient (Wildman–Crippen LogP) is 10.6. The van der Waals surface area contributed by atoms with Crippen LogP contribution in [0.3, 0.4) is 0 Å². The predicted molar refractivity (Wildman–Crippen MR) is 423 cm³/mol. The molecule has 5 aliphatic heterocycles. The molecule has 32 nitrogen and oxygen atoms in total. The summed E-state index contributed by atoms with van der Waals surface area (Å²) in [7, 11) is -1.93. The van der Waals surface area contributed by atoms with Gasteiger partial charge in [0.25, 0.3) is 0 Å². The minimum absolute atomic E-state index is 0.0261. The number of benzene rings is 5. The molecule has 0 unspecified atom stereocenters. The smallest absolute Gasteiger partial charge is 0.407 e. The zero-order chi connectivity index (χ0) is 85.7. The van der Waals surface area contributed by atoms with E-state index in [0.29, 0.717) is 22.7 Å². The number of hydrogen-bond acceptors (Lipinski definition) is 30. The largest absolute Gasteiger partial charge is 0.463 e. The van der Waals surface area contributed by atoms with Gasteiger partial charge >= 0.3 is 54.0 Å². The van der Waals surface area contributed by atoms with Crippen LogP contribution < -0.4 is 10.6 Å². The molecule has 2 amide bonds. The van der Waals surface area contributed by atoms with Crippen molar-refractivity contribution in [3.8, 4) is 0 Å². The molecule has 5 heterocycles. The number of amides is 2. The summed E-state index contributed by atoms with van der Waals surface area (Å²) in [6.45, 7) is 7.19. The lowest BCUT2D eigenvalue weighted by atomic mass is 9.92. The highest BCUT2D eigenvalue weighted by molar-refractivity contribution is 6.76. The Labute approximate surface area is 716 Å². The summed E-state index contributed by atoms with van der Waals surface area (Å²) in [6.07, 6.45) is -36.5. The van der Waals surface area contributed by atoms with Gasteiger partial charge in [-0.3, -0.25) is 24.0 Å². The maximum atomic E-state index is 15.1. The quantitative estimate of drug-likeness (QED) is 0.0170. The van der Waals surface area contributed by atoms with Gasteiger partial charge in [-0.05, 0) is 41.4 Å². The molecule has 5 saturated heterocycles. The van der Waals surface area contributed by atoms with E-state index in [0.717, 1.165) is 34.6 Å². The molecule has 5 aromatic carbocycles. The van der Waals surface area contributed by atoms with Crippen molar-refractivity contribution in [3.05, 3.63) is 179 Å². The summed E-state index contributed by atoms with van der Waals surface area (Å²) in [5.41, 5.74) is 1.85. The first-order chi connectivity index (χ1) is 56.6. The number of alkyl halides is 6. The van der Waals surface area contributed by atoms with E-state index >= 15 is 9.59 Å². The van der Waals surface area contributed by atoms with E-state index in [1.807, 2.05) is 18.2 Å². The van der Waals surface area contributed by atoms with E-state index in [9.17, 15) is 33.6 Å². The second-order valence-corrected chi connectivity index (χ2v) is 39.8. The molecule has 0 aliphatic carbocycles. The van der Waals surface area contributed by atoms with Gasteiger partial charge < -0.3 is 110 Å². The third-order valence-electron chi connectivity index (χ3n) is 18.5. The van der Waals surface area contributed by atoms with Crippen LogP contribution in [0.1, 0.15) is 78.3 Å². The van der Waals surface area contributed by atoms with Crippen LogP contribution in [0.15, 0.2) is 152 Å². The van der Waals surface area contributed by atoms with Gasteiger partial charge in [0.15, 0.2) is 68.1 Å². The van der Waals surface area contributed by atoms with Crippen LogP contribution in [0.5, 0.6) is 0 Å². The lowest BCUT2D eigenvalue weighted by molar-refractivity contribution is -0.391. The third kappa shape index (κ3) is 28.5. The molecule has 0 spiro atoms. The molecular weight excluding hydrogens is 1710 g/mol. The number of carbonyl (C=O) groups excluding carboxylic acids is 9. The first-order valence-corrected chi connectivity index (χ1v) is 43.7. The van der Waals surface area contributed by atoms with Crippen LogP contribution >= 0.6 is 69.6 Å². The van der Waals surface area contributed by atoms with Crippen molar-refractivity contribution < 1.29 is 143 Å². The first-order valence-electron chi connectivity index (χ1n) is 37.7. The Morgan fingerprint density at radius 3 is 1.30 bits per heavy atom. The van der Waals surface area contributed by atoms with Gasteiger partial charge in [0.05, 0.1) is 44.2 Å². The Bertz CT molecular complexity index is 4150. The summed E-state index contributed by atoms with van der Waals surface area (Å²) < 4.78 is 131. The lowest BCUT2D eigenvalue weighted by Gasteiger charge is -2.53. The Kier molecular flexibility index (Phi) is 34.6. The van der Waals surface area contributed by atoms with Crippen molar-refractivity contribution in [1.82, 2.24) is 10.6 Å². The number of fused-ring (bicyclic) bond motifs is 1. The van der Waals surface area contributed by atoms with E-state index in [-0.39, 0.29) is 30.9 Å². The highest BCUT2D eigenvalue weighted by Crippen LogP contribution is 2.43. The van der Waals surface area contributed by atoms with E-state index in [2.05, 4.69) is 30.3 Å². The fraction of sp³-hybridized carbons (Fsp3) is 0.512. The topological polar surface area (TPSA) is 372 Å². The Morgan fingerprint density at radius 1 is 0.412 bits per heavy atom. The Balaban J connectivity index is 1.17. The average molecular weight is 1800 g/mol. The van der Waals surface area contributed by atoms with Crippen molar-refractivity contribution in [1.29, 1.82) is 0 Å². The normalized spacial score (nSPS) is 28.2. The number of nitrogens with one attached hydrogen (secondary N) is 2. The molecule has 0 aromatic heterocycles. The number of carbonyl (C=O) groups is 9. The standard InChI is InChI=1S/C80H92Cl6N2O30Si/c1-44(89)101-40-56-62(105-45(2)90)66(107-47(4)92)69(108-48(5)93)76(112-56)117-60-54(38-98-36-49-24-14-9-15-25-49)109-74(58(64(60)106-46(3)91)87-77(96)103-42-79(81,82)83)118-65-59(88-78(97)104-43-80(84,85)86)73(110-57-41-102-72(115-61(57)65)53-32-22-13-23-33-53)116-63-55(39-99-37-50-26-16-10-17-27-50)111-75(100-34-35-119(6,7)8)68(114-71(95)52-30-20-12-21-31-52)67(63)113-70(94)51-28-18-11-19-29-51/h9-33,54-69,72-76H,34-43H2,1-8H3,(H,87,96)(H,88,97)/t54-,55-,56-,57-,58-,59-,60-,61+,62+,63-,64-,65-,66+,67+,68-,69-,72+,73+,74+,75-,76+/m1/s1. The monoisotopic (exact) mass is 1800 g/mol. The molecule has 2 N–H and O–H groups in total. The zero-order valence-corrected chi connectivity index (χ0v) is 71.2. The first kappa shape index (κ1) is 93.7. The zero-order valence-electron chi connectivity index (χ0n) is 65.6. The number of hydrogen-bond donors (Lipinski definition) is 2. The van der Waals surface area contributed by atoms with Crippen molar-refractivity contribution in [3.63, 3.8) is 0 Å². The molecule has 5 aliphatic rings. The van der Waals surface area contributed by atoms with Crippen LogP contribution in [-0.2, 0) is 137 Å². The van der Waals surface area contributed by atoms with Crippen molar-refractivity contribution in [2.24, 2.45) is 0 Å². The molecule has 119 heavy (non-hydrogen) atoms. The second-order valence-electron chi connectivity index (χ2n) is 29.1. The van der Waals surface area contributed by atoms with Crippen LogP contribution in [0.25, 0.3) is 0 Å². The SMILES string of the molecule is CC(=O)OC[C@H]1O[C@@H](O[C@H]2[C@H](OC(C)=O)[C@@H](NC(=O)OCC(Cl)(Cl)Cl)[C@H](O[C@@H]3[C@@H](NC(=O)OCC(Cl)(Cl)Cl)[C@H](O[C@H]4[C@H](OC(=O)c5ccccc5)[C@@H](OC(=O)c5ccccc5)[C@H](OCC[Si](C)(C)C)O[C@@H]4COCc4ccccc4)O[C@@H]4CO[C@H](c5ccccc5)O[C@H]34)O[C@@H]2COCc2ccccc2)[C@H](OC(C)=O)[C@@H](OC(C)=O)[C@H]1OC(C)=O. The highest BCUT2D eigenvalue weighted by atomic mass is 35.6. The van der Waals surface area contributed by atoms with E-state index in [4.69, 9.17) is 169 Å². The van der Waals surface area contributed by atoms with E-state index in [1.165, 1.54) is 24.3 Å². The molecule has 0 radical (unpaired) electrons. The average Bonchev–Trinajstić information content (AvgIpc) is 0.750. The molecule has 39 heteroatoms. The summed E-state index contributed by atoms with van der Waals surface area (Å²) in [4.78, 5) is 126. The molecule has 10 rings (SSSR count). The van der Waals surface area contributed by atoms with Crippen LogP contribution in [-0.4, -0.2) is 239 Å². The molecule has 5 fully saturated rings. The lowest BCUT2D eigenvalue weighted by Crippen LogP contribution is -2.73. The van der Waals surface area contributed by atoms with Crippen LogP contribution in [0.2, 0.25) is 25.7 Å². The van der Waals surface area contributed by atoms with Gasteiger partial charge in [-0.1, -0.05) is 217 Å².